The van der Waals surface area contributed by atoms with E-state index in [0.717, 1.165) is 24.2 Å². The number of nitrogens with zero attached hydrogens (tertiary/aromatic N) is 3. The third kappa shape index (κ3) is 3.73. The SMILES string of the molecule is O=C(NCc1ccccc1)c1ncn2c1CN(C(=O)C1CC(O)C1)CCC2. The van der Waals surface area contributed by atoms with Crippen LogP contribution in [-0.4, -0.2) is 44.0 Å². The first kappa shape index (κ1) is 17.7. The molecule has 0 atom stereocenters. The average Bonchev–Trinajstić information content (AvgIpc) is 2.93. The molecule has 0 unspecified atom stereocenters. The van der Waals surface area contributed by atoms with E-state index in [-0.39, 0.29) is 23.8 Å². The Bertz CT molecular complexity index is 827. The molecule has 142 valence electrons. The molecular weight excluding hydrogens is 344 g/mol. The van der Waals surface area contributed by atoms with Gasteiger partial charge in [0.1, 0.15) is 0 Å². The monoisotopic (exact) mass is 368 g/mol. The summed E-state index contributed by atoms with van der Waals surface area (Å²) in [6.45, 7) is 2.23. The Morgan fingerprint density at radius 1 is 1.19 bits per heavy atom. The fourth-order valence-corrected chi connectivity index (χ4v) is 3.75. The molecule has 1 saturated carbocycles. The molecule has 2 aromatic rings. The normalized spacial score (nSPS) is 21.7. The lowest BCUT2D eigenvalue weighted by atomic mass is 9.81. The van der Waals surface area contributed by atoms with Crippen LogP contribution in [0.25, 0.3) is 0 Å². The van der Waals surface area contributed by atoms with Crippen molar-refractivity contribution in [2.45, 2.75) is 45.0 Å². The molecule has 1 aromatic carbocycles. The molecule has 4 rings (SSSR count). The molecule has 2 amide bonds. The Hall–Kier alpha value is -2.67. The predicted octanol–water partition coefficient (Wildman–Crippen LogP) is 1.32. The maximum absolute atomic E-state index is 12.7. The Morgan fingerprint density at radius 2 is 1.96 bits per heavy atom. The van der Waals surface area contributed by atoms with E-state index in [1.807, 2.05) is 39.8 Å². The van der Waals surface area contributed by atoms with Gasteiger partial charge in [-0.25, -0.2) is 4.98 Å². The van der Waals surface area contributed by atoms with E-state index in [0.29, 0.717) is 38.2 Å². The summed E-state index contributed by atoms with van der Waals surface area (Å²) >= 11 is 0. The van der Waals surface area contributed by atoms with Crippen LogP contribution < -0.4 is 5.32 Å². The van der Waals surface area contributed by atoms with Gasteiger partial charge in [-0.15, -0.1) is 0 Å². The Kier molecular flexibility index (Phi) is 4.94. The highest BCUT2D eigenvalue weighted by Gasteiger charge is 2.36. The van der Waals surface area contributed by atoms with Gasteiger partial charge in [0.05, 0.1) is 24.7 Å². The minimum absolute atomic E-state index is 0.0746. The minimum atomic E-state index is -0.351. The first-order valence-corrected chi connectivity index (χ1v) is 9.45. The number of aryl methyl sites for hydroxylation is 1. The van der Waals surface area contributed by atoms with E-state index in [1.165, 1.54) is 0 Å². The highest BCUT2D eigenvalue weighted by Crippen LogP contribution is 2.30. The molecule has 2 heterocycles. The fourth-order valence-electron chi connectivity index (χ4n) is 3.75. The molecule has 0 saturated heterocycles. The second-order valence-electron chi connectivity index (χ2n) is 7.34. The first-order chi connectivity index (χ1) is 13.1. The number of hydrogen-bond donors (Lipinski definition) is 2. The lowest BCUT2D eigenvalue weighted by molar-refractivity contribution is -0.143. The standard InChI is InChI=1S/C20H24N4O3/c25-16-9-15(10-16)20(27)23-7-4-8-24-13-22-18(17(24)12-23)19(26)21-11-14-5-2-1-3-6-14/h1-3,5-6,13,15-16,25H,4,7-12H2,(H,21,26). The third-order valence-corrected chi connectivity index (χ3v) is 5.40. The number of carbonyl (C=O) groups excluding carboxylic acids is 2. The number of aromatic nitrogens is 2. The van der Waals surface area contributed by atoms with E-state index >= 15 is 0 Å². The molecule has 0 spiro atoms. The van der Waals surface area contributed by atoms with Gasteiger partial charge in [0.25, 0.3) is 5.91 Å². The number of aliphatic hydroxyl groups is 1. The van der Waals surface area contributed by atoms with Crippen molar-refractivity contribution in [3.05, 3.63) is 53.6 Å². The first-order valence-electron chi connectivity index (χ1n) is 9.45. The molecule has 7 heteroatoms. The van der Waals surface area contributed by atoms with Gasteiger partial charge in [-0.05, 0) is 24.8 Å². The summed E-state index contributed by atoms with van der Waals surface area (Å²) in [5.74, 6) is -0.239. The topological polar surface area (TPSA) is 87.5 Å². The van der Waals surface area contributed by atoms with E-state index in [1.54, 1.807) is 6.33 Å². The van der Waals surface area contributed by atoms with Gasteiger partial charge < -0.3 is 19.9 Å². The maximum atomic E-state index is 12.7. The molecular formula is C20H24N4O3. The van der Waals surface area contributed by atoms with Gasteiger partial charge in [0, 0.05) is 25.6 Å². The average molecular weight is 368 g/mol. The van der Waals surface area contributed by atoms with Crippen molar-refractivity contribution in [2.75, 3.05) is 6.54 Å². The van der Waals surface area contributed by atoms with Crippen molar-refractivity contribution in [1.82, 2.24) is 19.8 Å². The largest absolute Gasteiger partial charge is 0.393 e. The van der Waals surface area contributed by atoms with Crippen LogP contribution in [0.5, 0.6) is 0 Å². The maximum Gasteiger partial charge on any atom is 0.272 e. The van der Waals surface area contributed by atoms with Crippen LogP contribution in [0.4, 0.5) is 0 Å². The number of imidazole rings is 1. The van der Waals surface area contributed by atoms with Crippen LogP contribution >= 0.6 is 0 Å². The number of carbonyl (C=O) groups is 2. The van der Waals surface area contributed by atoms with Crippen LogP contribution in [0.1, 0.15) is 41.0 Å². The van der Waals surface area contributed by atoms with Gasteiger partial charge in [-0.2, -0.15) is 0 Å². The highest BCUT2D eigenvalue weighted by atomic mass is 16.3. The molecule has 2 aliphatic rings. The molecule has 0 radical (unpaired) electrons. The second-order valence-corrected chi connectivity index (χ2v) is 7.34. The quantitative estimate of drug-likeness (QED) is 0.852. The number of amides is 2. The number of fused-ring (bicyclic) bond motifs is 1. The van der Waals surface area contributed by atoms with Gasteiger partial charge in [-0.1, -0.05) is 30.3 Å². The molecule has 1 aliphatic carbocycles. The number of rotatable bonds is 4. The zero-order valence-corrected chi connectivity index (χ0v) is 15.2. The zero-order valence-electron chi connectivity index (χ0n) is 15.2. The number of aliphatic hydroxyl groups excluding tert-OH is 1. The lowest BCUT2D eigenvalue weighted by Gasteiger charge is -2.34. The molecule has 1 aliphatic heterocycles. The van der Waals surface area contributed by atoms with Crippen molar-refractivity contribution in [3.63, 3.8) is 0 Å². The summed E-state index contributed by atoms with van der Waals surface area (Å²) in [4.78, 5) is 31.5. The van der Waals surface area contributed by atoms with Crippen LogP contribution in [-0.2, 0) is 24.4 Å². The van der Waals surface area contributed by atoms with Gasteiger partial charge in [0.15, 0.2) is 5.69 Å². The molecule has 1 aromatic heterocycles. The Morgan fingerprint density at radius 3 is 2.70 bits per heavy atom. The van der Waals surface area contributed by atoms with Crippen LogP contribution in [0, 0.1) is 5.92 Å². The molecule has 7 nitrogen and oxygen atoms in total. The number of benzene rings is 1. The Balaban J connectivity index is 1.46. The molecule has 27 heavy (non-hydrogen) atoms. The van der Waals surface area contributed by atoms with E-state index < -0.39 is 0 Å². The van der Waals surface area contributed by atoms with Gasteiger partial charge in [0.2, 0.25) is 5.91 Å². The molecule has 0 bridgehead atoms. The van der Waals surface area contributed by atoms with E-state index in [2.05, 4.69) is 10.3 Å². The fraction of sp³-hybridized carbons (Fsp3) is 0.450. The van der Waals surface area contributed by atoms with Crippen molar-refractivity contribution in [2.24, 2.45) is 5.92 Å². The van der Waals surface area contributed by atoms with E-state index in [4.69, 9.17) is 0 Å². The van der Waals surface area contributed by atoms with Crippen molar-refractivity contribution < 1.29 is 14.7 Å². The third-order valence-electron chi connectivity index (χ3n) is 5.40. The molecule has 2 N–H and O–H groups in total. The predicted molar refractivity (Wildman–Crippen MR) is 98.6 cm³/mol. The number of hydrogen-bond acceptors (Lipinski definition) is 4. The summed E-state index contributed by atoms with van der Waals surface area (Å²) < 4.78 is 1.97. The summed E-state index contributed by atoms with van der Waals surface area (Å²) in [7, 11) is 0. The van der Waals surface area contributed by atoms with Crippen LogP contribution in [0.3, 0.4) is 0 Å². The highest BCUT2D eigenvalue weighted by molar-refractivity contribution is 5.93. The lowest BCUT2D eigenvalue weighted by Crippen LogP contribution is -2.43. The Labute approximate surface area is 158 Å². The van der Waals surface area contributed by atoms with Crippen molar-refractivity contribution in [3.8, 4) is 0 Å². The summed E-state index contributed by atoms with van der Waals surface area (Å²) in [6, 6.07) is 9.73. The minimum Gasteiger partial charge on any atom is -0.393 e. The van der Waals surface area contributed by atoms with Crippen molar-refractivity contribution in [1.29, 1.82) is 0 Å². The number of nitrogens with one attached hydrogen (secondary N) is 1. The van der Waals surface area contributed by atoms with Gasteiger partial charge in [-0.3, -0.25) is 9.59 Å². The van der Waals surface area contributed by atoms with Crippen LogP contribution in [0.15, 0.2) is 36.7 Å². The summed E-state index contributed by atoms with van der Waals surface area (Å²) in [5.41, 5.74) is 2.20. The molecule has 1 fully saturated rings. The zero-order chi connectivity index (χ0) is 18.8. The summed E-state index contributed by atoms with van der Waals surface area (Å²) in [6.07, 6.45) is 3.25. The smallest absolute Gasteiger partial charge is 0.272 e. The van der Waals surface area contributed by atoms with Crippen LogP contribution in [0.2, 0.25) is 0 Å². The van der Waals surface area contributed by atoms with Gasteiger partial charge >= 0.3 is 0 Å². The van der Waals surface area contributed by atoms with E-state index in [9.17, 15) is 14.7 Å². The summed E-state index contributed by atoms with van der Waals surface area (Å²) in [5, 5.41) is 12.4. The second kappa shape index (κ2) is 7.52. The van der Waals surface area contributed by atoms with Crippen molar-refractivity contribution >= 4 is 11.8 Å².